The maximum absolute atomic E-state index is 10.2. The third kappa shape index (κ3) is 3.44. The molecule has 7 aromatic rings. The Labute approximate surface area is 238 Å². The van der Waals surface area contributed by atoms with Crippen LogP contribution in [0.5, 0.6) is 0 Å². The Morgan fingerprint density at radius 3 is 1.71 bits per heavy atom. The van der Waals surface area contributed by atoms with Crippen LogP contribution in [0.3, 0.4) is 0 Å². The summed E-state index contributed by atoms with van der Waals surface area (Å²) < 4.78 is 4.80. The van der Waals surface area contributed by atoms with Gasteiger partial charge in [0.25, 0.3) is 0 Å². The van der Waals surface area contributed by atoms with Crippen LogP contribution in [0.4, 0.5) is 0 Å². The molecule has 1 atom stereocenters. The highest BCUT2D eigenvalue weighted by Crippen LogP contribution is 2.43. The third-order valence-electron chi connectivity index (χ3n) is 8.71. The molecule has 0 spiro atoms. The molecule has 3 heteroatoms. The molecular weight excluding hydrogens is 498 g/mol. The van der Waals surface area contributed by atoms with Crippen LogP contribution in [-0.2, 0) is 5.54 Å². The first-order chi connectivity index (χ1) is 20.2. The molecule has 0 N–H and O–H groups in total. The van der Waals surface area contributed by atoms with Gasteiger partial charge in [0.1, 0.15) is 0 Å². The fourth-order valence-electron chi connectivity index (χ4n) is 6.90. The number of aromatic nitrogens is 2. The maximum atomic E-state index is 10.2. The Kier molecular flexibility index (Phi) is 5.08. The van der Waals surface area contributed by atoms with Crippen LogP contribution in [0.1, 0.15) is 18.9 Å². The number of para-hydroxylation sites is 4. The number of allylic oxidation sites excluding steroid dienone is 4. The molecule has 8 rings (SSSR count). The Morgan fingerprint density at radius 1 is 0.634 bits per heavy atom. The molecule has 5 aromatic carbocycles. The summed E-state index contributed by atoms with van der Waals surface area (Å²) in [6, 6.07) is 45.6. The third-order valence-corrected chi connectivity index (χ3v) is 8.71. The topological polar surface area (TPSA) is 33.6 Å². The summed E-state index contributed by atoms with van der Waals surface area (Å²) in [6.45, 7) is 2.29. The summed E-state index contributed by atoms with van der Waals surface area (Å²) in [7, 11) is 0. The molecule has 194 valence electrons. The molecule has 0 fully saturated rings. The minimum Gasteiger partial charge on any atom is -0.331 e. The van der Waals surface area contributed by atoms with Gasteiger partial charge < -0.3 is 9.13 Å². The molecule has 0 saturated heterocycles. The first-order valence-electron chi connectivity index (χ1n) is 14.1. The van der Waals surface area contributed by atoms with E-state index < -0.39 is 0 Å². The number of hydrogen-bond donors (Lipinski definition) is 0. The predicted molar refractivity (Wildman–Crippen MR) is 170 cm³/mol. The molecule has 2 aromatic heterocycles. The number of nitriles is 1. The van der Waals surface area contributed by atoms with E-state index >= 15 is 0 Å². The Balaban J connectivity index is 1.31. The van der Waals surface area contributed by atoms with E-state index in [-0.39, 0.29) is 5.54 Å². The van der Waals surface area contributed by atoms with Crippen molar-refractivity contribution in [3.05, 3.63) is 145 Å². The fraction of sp³-hybridized carbons (Fsp3) is 0.0789. The van der Waals surface area contributed by atoms with Crippen LogP contribution < -0.4 is 0 Å². The van der Waals surface area contributed by atoms with Gasteiger partial charge in [-0.1, -0.05) is 91.0 Å². The smallest absolute Gasteiger partial charge is 0.0994 e. The molecule has 0 amide bonds. The number of nitrogens with zero attached hydrogens (tertiary/aromatic N) is 3. The van der Waals surface area contributed by atoms with Gasteiger partial charge in [-0.15, -0.1) is 0 Å². The lowest BCUT2D eigenvalue weighted by molar-refractivity contribution is 0.443. The van der Waals surface area contributed by atoms with Gasteiger partial charge in [0.2, 0.25) is 0 Å². The molecule has 0 aliphatic heterocycles. The van der Waals surface area contributed by atoms with Crippen molar-refractivity contribution in [2.75, 3.05) is 0 Å². The lowest BCUT2D eigenvalue weighted by atomic mass is 9.81. The lowest BCUT2D eigenvalue weighted by Crippen LogP contribution is -2.30. The van der Waals surface area contributed by atoms with Crippen molar-refractivity contribution >= 4 is 49.2 Å². The predicted octanol–water partition coefficient (Wildman–Crippen LogP) is 9.54. The van der Waals surface area contributed by atoms with Crippen LogP contribution in [0.15, 0.2) is 139 Å². The Morgan fingerprint density at radius 2 is 1.15 bits per heavy atom. The molecule has 0 saturated carbocycles. The van der Waals surface area contributed by atoms with Crippen molar-refractivity contribution in [3.63, 3.8) is 0 Å². The largest absolute Gasteiger partial charge is 0.331 e. The number of fused-ring (bicyclic) bond motifs is 6. The van der Waals surface area contributed by atoms with E-state index in [4.69, 9.17) is 0 Å². The van der Waals surface area contributed by atoms with Crippen molar-refractivity contribution in [1.82, 2.24) is 9.13 Å². The number of rotatable bonds is 3. The molecule has 41 heavy (non-hydrogen) atoms. The van der Waals surface area contributed by atoms with Crippen LogP contribution in [0, 0.1) is 11.3 Å². The maximum Gasteiger partial charge on any atom is 0.0994 e. The molecule has 1 unspecified atom stereocenters. The highest BCUT2D eigenvalue weighted by molar-refractivity contribution is 6.10. The van der Waals surface area contributed by atoms with E-state index in [2.05, 4.69) is 150 Å². The van der Waals surface area contributed by atoms with Crippen LogP contribution in [0.2, 0.25) is 0 Å². The van der Waals surface area contributed by atoms with Gasteiger partial charge in [0.05, 0.1) is 28.2 Å². The SMILES string of the molecule is CC1(n2c3ccccc3c3ccccc32)C=CC(C#N)=C(c2cccc(-n3c4ccccc4c4ccccc43)c2)C1. The van der Waals surface area contributed by atoms with Gasteiger partial charge in [-0.3, -0.25) is 0 Å². The Hall–Kier alpha value is -5.33. The zero-order valence-corrected chi connectivity index (χ0v) is 22.8. The average molecular weight is 526 g/mol. The summed E-state index contributed by atoms with van der Waals surface area (Å²) >= 11 is 0. The van der Waals surface area contributed by atoms with Crippen molar-refractivity contribution in [3.8, 4) is 11.8 Å². The van der Waals surface area contributed by atoms with Crippen LogP contribution in [0.25, 0.3) is 54.9 Å². The molecule has 0 bridgehead atoms. The molecule has 1 aliphatic rings. The van der Waals surface area contributed by atoms with E-state index in [0.29, 0.717) is 6.42 Å². The van der Waals surface area contributed by atoms with Crippen LogP contribution in [-0.4, -0.2) is 9.13 Å². The van der Waals surface area contributed by atoms with Crippen molar-refractivity contribution in [1.29, 1.82) is 5.26 Å². The first kappa shape index (κ1) is 23.5. The van der Waals surface area contributed by atoms with E-state index in [9.17, 15) is 5.26 Å². The molecule has 2 heterocycles. The first-order valence-corrected chi connectivity index (χ1v) is 14.1. The van der Waals surface area contributed by atoms with E-state index in [1.54, 1.807) is 0 Å². The van der Waals surface area contributed by atoms with E-state index in [1.165, 1.54) is 43.6 Å². The minimum atomic E-state index is -0.346. The van der Waals surface area contributed by atoms with Gasteiger partial charge in [-0.05, 0) is 60.5 Å². The van der Waals surface area contributed by atoms with Crippen molar-refractivity contribution in [2.45, 2.75) is 18.9 Å². The molecule has 0 radical (unpaired) electrons. The summed E-state index contributed by atoms with van der Waals surface area (Å²) in [5.74, 6) is 0. The monoisotopic (exact) mass is 525 g/mol. The Bertz CT molecular complexity index is 2160. The van der Waals surface area contributed by atoms with E-state index in [0.717, 1.165) is 22.4 Å². The number of benzene rings is 5. The lowest BCUT2D eigenvalue weighted by Gasteiger charge is -2.34. The standard InChI is InChI=1S/C38H27N3/c1-38(41-36-19-8-4-15-31(36)32-16-5-9-20-37(32)41)22-21-27(25-39)33(24-38)26-11-10-12-28(23-26)40-34-17-6-2-13-29(34)30-14-3-7-18-35(30)40/h2-23H,24H2,1H3. The van der Waals surface area contributed by atoms with E-state index in [1.807, 2.05) is 6.08 Å². The molecular formula is C38H27N3. The zero-order chi connectivity index (χ0) is 27.6. The quantitative estimate of drug-likeness (QED) is 0.226. The van der Waals surface area contributed by atoms with Crippen molar-refractivity contribution in [2.24, 2.45) is 0 Å². The second kappa shape index (κ2) is 8.84. The summed E-state index contributed by atoms with van der Waals surface area (Å²) in [5.41, 5.74) is 8.40. The van der Waals surface area contributed by atoms with Crippen LogP contribution >= 0.6 is 0 Å². The fourth-order valence-corrected chi connectivity index (χ4v) is 6.90. The van der Waals surface area contributed by atoms with Gasteiger partial charge >= 0.3 is 0 Å². The zero-order valence-electron chi connectivity index (χ0n) is 22.8. The highest BCUT2D eigenvalue weighted by Gasteiger charge is 2.32. The van der Waals surface area contributed by atoms with Gasteiger partial charge in [0.15, 0.2) is 0 Å². The van der Waals surface area contributed by atoms with Gasteiger partial charge in [0, 0.05) is 44.7 Å². The van der Waals surface area contributed by atoms with Crippen molar-refractivity contribution < 1.29 is 0 Å². The summed E-state index contributed by atoms with van der Waals surface area (Å²) in [5, 5.41) is 15.2. The second-order valence-corrected chi connectivity index (χ2v) is 11.2. The second-order valence-electron chi connectivity index (χ2n) is 11.2. The summed E-state index contributed by atoms with van der Waals surface area (Å²) in [6.07, 6.45) is 4.95. The normalized spacial score (nSPS) is 17.2. The van der Waals surface area contributed by atoms with Gasteiger partial charge in [-0.2, -0.15) is 5.26 Å². The average Bonchev–Trinajstić information content (AvgIpc) is 3.55. The molecule has 3 nitrogen and oxygen atoms in total. The summed E-state index contributed by atoms with van der Waals surface area (Å²) in [4.78, 5) is 0. The number of hydrogen-bond acceptors (Lipinski definition) is 1. The molecule has 1 aliphatic carbocycles. The minimum absolute atomic E-state index is 0.346. The highest BCUT2D eigenvalue weighted by atomic mass is 15.1. The van der Waals surface area contributed by atoms with Gasteiger partial charge in [-0.25, -0.2) is 0 Å².